The van der Waals surface area contributed by atoms with Gasteiger partial charge in [-0.25, -0.2) is 0 Å². The summed E-state index contributed by atoms with van der Waals surface area (Å²) in [6.07, 6.45) is 0. The SMILES string of the molecule is CC1=C([Si](C)(C)C)[N]N=N1. The van der Waals surface area contributed by atoms with Crippen LogP contribution in [0.4, 0.5) is 0 Å². The van der Waals surface area contributed by atoms with Crippen molar-refractivity contribution in [2.45, 2.75) is 26.6 Å². The molecule has 0 aliphatic carbocycles. The molecule has 1 aliphatic rings. The van der Waals surface area contributed by atoms with E-state index in [1.54, 1.807) is 0 Å². The van der Waals surface area contributed by atoms with Gasteiger partial charge in [-0.2, -0.15) is 0 Å². The van der Waals surface area contributed by atoms with Crippen molar-refractivity contribution in [3.05, 3.63) is 11.0 Å². The van der Waals surface area contributed by atoms with Crippen LogP contribution in [0, 0.1) is 0 Å². The molecule has 55 valence electrons. The lowest BCUT2D eigenvalue weighted by Gasteiger charge is -2.14. The molecular formula is C6H12N3Si. The van der Waals surface area contributed by atoms with Gasteiger partial charge in [0.25, 0.3) is 0 Å². The molecule has 0 unspecified atom stereocenters. The Labute approximate surface area is 62.2 Å². The van der Waals surface area contributed by atoms with Gasteiger partial charge in [-0.1, -0.05) is 19.6 Å². The maximum atomic E-state index is 3.99. The first kappa shape index (κ1) is 7.46. The first-order valence-electron chi connectivity index (χ1n) is 3.35. The van der Waals surface area contributed by atoms with E-state index in [0.717, 1.165) is 11.0 Å². The van der Waals surface area contributed by atoms with E-state index >= 15 is 0 Å². The van der Waals surface area contributed by atoms with Crippen LogP contribution in [0.3, 0.4) is 0 Å². The Morgan fingerprint density at radius 2 is 1.80 bits per heavy atom. The third-order valence-electron chi connectivity index (χ3n) is 1.39. The fourth-order valence-electron chi connectivity index (χ4n) is 0.947. The molecule has 0 amide bonds. The van der Waals surface area contributed by atoms with Gasteiger partial charge in [0.1, 0.15) is 8.07 Å². The van der Waals surface area contributed by atoms with Crippen LogP contribution in [0.15, 0.2) is 21.4 Å². The normalized spacial score (nSPS) is 18.0. The van der Waals surface area contributed by atoms with Gasteiger partial charge in [0.2, 0.25) is 0 Å². The largest absolute Gasteiger partial charge is 0.138 e. The Balaban J connectivity index is 2.86. The second-order valence-corrected chi connectivity index (χ2v) is 8.45. The molecule has 0 saturated heterocycles. The smallest absolute Gasteiger partial charge is 0.106 e. The summed E-state index contributed by atoms with van der Waals surface area (Å²) in [6.45, 7) is 8.69. The van der Waals surface area contributed by atoms with Crippen molar-refractivity contribution in [3.63, 3.8) is 0 Å². The average molecular weight is 154 g/mol. The minimum absolute atomic E-state index is 0.999. The summed E-state index contributed by atoms with van der Waals surface area (Å²) in [4.78, 5) is 0. The number of hydrogen-bond acceptors (Lipinski definition) is 2. The standard InChI is InChI=1S/C6H12N3Si/c1-5-6(8-9-7-5)10(2,3)4/h1-4H3. The van der Waals surface area contributed by atoms with E-state index in [9.17, 15) is 0 Å². The molecule has 0 atom stereocenters. The molecule has 1 heterocycles. The molecule has 0 aromatic carbocycles. The molecule has 10 heavy (non-hydrogen) atoms. The van der Waals surface area contributed by atoms with Crippen molar-refractivity contribution < 1.29 is 0 Å². The zero-order valence-corrected chi connectivity index (χ0v) is 7.84. The van der Waals surface area contributed by atoms with Gasteiger partial charge in [0.15, 0.2) is 0 Å². The minimum atomic E-state index is -1.26. The van der Waals surface area contributed by atoms with Crippen LogP contribution in [-0.4, -0.2) is 8.07 Å². The molecule has 3 nitrogen and oxygen atoms in total. The topological polar surface area (TPSA) is 38.8 Å². The van der Waals surface area contributed by atoms with Crippen LogP contribution in [0.1, 0.15) is 6.92 Å². The van der Waals surface area contributed by atoms with Gasteiger partial charge >= 0.3 is 0 Å². The van der Waals surface area contributed by atoms with Gasteiger partial charge in [0, 0.05) is 0 Å². The molecule has 0 aromatic heterocycles. The summed E-state index contributed by atoms with van der Waals surface area (Å²) in [7, 11) is -1.26. The first-order valence-corrected chi connectivity index (χ1v) is 6.85. The molecule has 1 rings (SSSR count). The van der Waals surface area contributed by atoms with E-state index in [2.05, 4.69) is 35.4 Å². The van der Waals surface area contributed by atoms with E-state index in [-0.39, 0.29) is 0 Å². The van der Waals surface area contributed by atoms with Gasteiger partial charge < -0.3 is 0 Å². The number of nitrogens with zero attached hydrogens (tertiary/aromatic N) is 3. The summed E-state index contributed by atoms with van der Waals surface area (Å²) in [6, 6.07) is 0. The average Bonchev–Trinajstić information content (AvgIpc) is 2.11. The van der Waals surface area contributed by atoms with E-state index in [0.29, 0.717) is 0 Å². The van der Waals surface area contributed by atoms with E-state index in [1.807, 2.05) is 6.92 Å². The minimum Gasteiger partial charge on any atom is -0.138 e. The Kier molecular flexibility index (Phi) is 1.64. The highest BCUT2D eigenvalue weighted by molar-refractivity contribution is 6.83. The van der Waals surface area contributed by atoms with Crippen LogP contribution in [0.2, 0.25) is 19.6 Å². The molecule has 0 spiro atoms. The zero-order valence-electron chi connectivity index (χ0n) is 6.84. The van der Waals surface area contributed by atoms with E-state index in [1.165, 1.54) is 0 Å². The molecule has 1 radical (unpaired) electrons. The predicted molar refractivity (Wildman–Crippen MR) is 43.0 cm³/mol. The molecule has 0 bridgehead atoms. The van der Waals surface area contributed by atoms with Crippen molar-refractivity contribution in [1.29, 1.82) is 0 Å². The lowest BCUT2D eigenvalue weighted by molar-refractivity contribution is 0.882. The highest BCUT2D eigenvalue weighted by Crippen LogP contribution is 2.21. The number of allylic oxidation sites excluding steroid dienone is 1. The van der Waals surface area contributed by atoms with Crippen molar-refractivity contribution in [2.24, 2.45) is 10.3 Å². The molecule has 0 aromatic rings. The highest BCUT2D eigenvalue weighted by Gasteiger charge is 2.26. The van der Waals surface area contributed by atoms with Gasteiger partial charge in [-0.3, -0.25) is 0 Å². The number of hydrogen-bond donors (Lipinski definition) is 0. The fourth-order valence-corrected chi connectivity index (χ4v) is 2.43. The third-order valence-corrected chi connectivity index (χ3v) is 3.28. The van der Waals surface area contributed by atoms with Crippen LogP contribution < -0.4 is 5.43 Å². The Hall–Kier alpha value is -0.643. The van der Waals surface area contributed by atoms with Gasteiger partial charge in [-0.15, -0.1) is 10.5 Å². The quantitative estimate of drug-likeness (QED) is 0.519. The van der Waals surface area contributed by atoms with Crippen molar-refractivity contribution in [2.75, 3.05) is 0 Å². The summed E-state index contributed by atoms with van der Waals surface area (Å²) < 4.78 is 0. The Morgan fingerprint density at radius 1 is 1.20 bits per heavy atom. The fraction of sp³-hybridized carbons (Fsp3) is 0.667. The van der Waals surface area contributed by atoms with E-state index in [4.69, 9.17) is 0 Å². The number of rotatable bonds is 1. The highest BCUT2D eigenvalue weighted by atomic mass is 28.3. The van der Waals surface area contributed by atoms with Crippen LogP contribution >= 0.6 is 0 Å². The molecule has 4 heteroatoms. The molecule has 0 saturated carbocycles. The van der Waals surface area contributed by atoms with Crippen molar-refractivity contribution in [3.8, 4) is 0 Å². The summed E-state index contributed by atoms with van der Waals surface area (Å²) in [5.41, 5.74) is 4.99. The third kappa shape index (κ3) is 1.26. The summed E-state index contributed by atoms with van der Waals surface area (Å²) in [5, 5.41) is 8.61. The second kappa shape index (κ2) is 2.19. The van der Waals surface area contributed by atoms with Crippen LogP contribution in [0.5, 0.6) is 0 Å². The molecule has 0 N–H and O–H groups in total. The molecular weight excluding hydrogens is 142 g/mol. The molecule has 1 aliphatic heterocycles. The monoisotopic (exact) mass is 154 g/mol. The first-order chi connectivity index (χ1) is 4.52. The second-order valence-electron chi connectivity index (χ2n) is 3.47. The Bertz CT molecular complexity index is 200. The van der Waals surface area contributed by atoms with Crippen molar-refractivity contribution >= 4 is 8.07 Å². The van der Waals surface area contributed by atoms with Gasteiger partial charge in [0.05, 0.1) is 11.0 Å². The van der Waals surface area contributed by atoms with Gasteiger partial charge in [-0.05, 0) is 12.1 Å². The van der Waals surface area contributed by atoms with E-state index < -0.39 is 8.07 Å². The zero-order chi connectivity index (χ0) is 7.78. The maximum absolute atomic E-state index is 3.99. The summed E-state index contributed by atoms with van der Waals surface area (Å²) in [5.74, 6) is 0. The van der Waals surface area contributed by atoms with Crippen molar-refractivity contribution in [1.82, 2.24) is 5.43 Å². The Morgan fingerprint density at radius 3 is 2.00 bits per heavy atom. The predicted octanol–water partition coefficient (Wildman–Crippen LogP) is 2.08. The lowest BCUT2D eigenvalue weighted by Crippen LogP contribution is -2.27. The maximum Gasteiger partial charge on any atom is 0.106 e. The molecule has 0 fully saturated rings. The van der Waals surface area contributed by atoms with Crippen LogP contribution in [-0.2, 0) is 0 Å². The lowest BCUT2D eigenvalue weighted by atomic mass is 10.6. The van der Waals surface area contributed by atoms with Crippen LogP contribution in [0.25, 0.3) is 0 Å². The summed E-state index contributed by atoms with van der Waals surface area (Å²) >= 11 is 0.